The average Bonchev–Trinajstić information content (AvgIpc) is 3.19. The number of aromatic nitrogens is 4. The fourth-order valence-electron chi connectivity index (χ4n) is 5.40. The van der Waals surface area contributed by atoms with Crippen LogP contribution in [0.25, 0.3) is 22.8 Å². The number of halogens is 2. The lowest BCUT2D eigenvalue weighted by molar-refractivity contribution is 0.160. The molecule has 0 saturated heterocycles. The molecule has 1 aliphatic carbocycles. The minimum absolute atomic E-state index is 0.526. The molecule has 5 nitrogen and oxygen atoms in total. The summed E-state index contributed by atoms with van der Waals surface area (Å²) in [6.07, 6.45) is 7.81. The topological polar surface area (TPSA) is 46.8 Å². The van der Waals surface area contributed by atoms with Crippen molar-refractivity contribution in [2.75, 3.05) is 6.54 Å². The number of hydrogen-bond acceptors (Lipinski definition) is 4. The van der Waals surface area contributed by atoms with Crippen molar-refractivity contribution < 1.29 is 0 Å². The number of rotatable bonds is 3. The van der Waals surface area contributed by atoms with Gasteiger partial charge in [-0.2, -0.15) is 0 Å². The molecule has 2 aromatic carbocycles. The van der Waals surface area contributed by atoms with Gasteiger partial charge >= 0.3 is 0 Å². The molecule has 0 spiro atoms. The summed E-state index contributed by atoms with van der Waals surface area (Å²) in [6.45, 7) is 1.92. The van der Waals surface area contributed by atoms with E-state index in [9.17, 15) is 0 Å². The summed E-state index contributed by atoms with van der Waals surface area (Å²) in [7, 11) is 2.10. The highest BCUT2D eigenvalue weighted by molar-refractivity contribution is 6.33. The Morgan fingerprint density at radius 3 is 2.65 bits per heavy atom. The fraction of sp³-hybridized carbons (Fsp3) is 0.296. The van der Waals surface area contributed by atoms with Crippen molar-refractivity contribution in [2.45, 2.75) is 38.3 Å². The van der Waals surface area contributed by atoms with Crippen LogP contribution in [0.3, 0.4) is 0 Å². The maximum absolute atomic E-state index is 6.73. The number of nitrogens with zero attached hydrogens (tertiary/aromatic N) is 5. The molecule has 3 heterocycles. The number of hydrogen-bond donors (Lipinski definition) is 0. The summed E-state index contributed by atoms with van der Waals surface area (Å²) in [5.74, 6) is 1.58. The van der Waals surface area contributed by atoms with Gasteiger partial charge in [-0.1, -0.05) is 35.3 Å². The largest absolute Gasteiger partial charge is 0.331 e. The van der Waals surface area contributed by atoms with Crippen molar-refractivity contribution >= 4 is 23.2 Å². The maximum Gasteiger partial charge on any atom is 0.159 e. The van der Waals surface area contributed by atoms with Gasteiger partial charge in [0.05, 0.1) is 10.7 Å². The van der Waals surface area contributed by atoms with Crippen molar-refractivity contribution in [3.05, 3.63) is 87.4 Å². The Balaban J connectivity index is 1.25. The summed E-state index contributed by atoms with van der Waals surface area (Å²) in [6, 6.07) is 14.6. The van der Waals surface area contributed by atoms with Crippen LogP contribution >= 0.6 is 23.2 Å². The molecule has 172 valence electrons. The predicted octanol–water partition coefficient (Wildman–Crippen LogP) is 5.77. The van der Waals surface area contributed by atoms with Crippen LogP contribution in [0.4, 0.5) is 0 Å². The van der Waals surface area contributed by atoms with Crippen molar-refractivity contribution in [2.24, 2.45) is 7.05 Å². The number of aryl methyl sites for hydroxylation is 1. The highest BCUT2D eigenvalue weighted by atomic mass is 35.5. The molecule has 0 fully saturated rings. The van der Waals surface area contributed by atoms with Crippen molar-refractivity contribution in [3.8, 4) is 22.8 Å². The van der Waals surface area contributed by atoms with Crippen LogP contribution in [0.5, 0.6) is 0 Å². The van der Waals surface area contributed by atoms with E-state index < -0.39 is 0 Å². The van der Waals surface area contributed by atoms with Crippen LogP contribution in [-0.2, 0) is 32.9 Å². The van der Waals surface area contributed by atoms with Gasteiger partial charge in [-0.15, -0.1) is 0 Å². The zero-order chi connectivity index (χ0) is 23.2. The molecule has 7 heteroatoms. The molecule has 34 heavy (non-hydrogen) atoms. The second-order valence-electron chi connectivity index (χ2n) is 9.18. The first kappa shape index (κ1) is 21.8. The van der Waals surface area contributed by atoms with Gasteiger partial charge in [0.25, 0.3) is 0 Å². The quantitative estimate of drug-likeness (QED) is 0.366. The Bertz CT molecular complexity index is 1370. The van der Waals surface area contributed by atoms with E-state index in [2.05, 4.69) is 38.6 Å². The summed E-state index contributed by atoms with van der Waals surface area (Å²) in [5, 5.41) is 1.49. The molecule has 4 aromatic rings. The van der Waals surface area contributed by atoms with Crippen LogP contribution in [-0.4, -0.2) is 37.0 Å². The van der Waals surface area contributed by atoms with E-state index in [4.69, 9.17) is 28.2 Å². The monoisotopic (exact) mass is 489 g/mol. The Hall–Kier alpha value is -2.73. The van der Waals surface area contributed by atoms with E-state index in [1.54, 1.807) is 12.4 Å². The van der Waals surface area contributed by atoms with Gasteiger partial charge in [0.1, 0.15) is 5.82 Å². The van der Waals surface area contributed by atoms with Crippen LogP contribution in [0.2, 0.25) is 10.0 Å². The molecular weight excluding hydrogens is 465 g/mol. The molecule has 0 N–H and O–H groups in total. The molecule has 6 rings (SSSR count). The number of imidazole rings is 1. The molecule has 0 saturated carbocycles. The normalized spacial score (nSPS) is 17.9. The van der Waals surface area contributed by atoms with Crippen molar-refractivity contribution in [3.63, 3.8) is 0 Å². The van der Waals surface area contributed by atoms with E-state index in [-0.39, 0.29) is 0 Å². The van der Waals surface area contributed by atoms with E-state index in [1.807, 2.05) is 30.3 Å². The molecule has 1 atom stereocenters. The first-order chi connectivity index (χ1) is 16.6. The second-order valence-corrected chi connectivity index (χ2v) is 10.0. The standard InChI is InChI=1S/C27H25Cl2N5/c1-33-25-9-12-34(21-7-4-17-3-6-20(28)13-19(17)14-21)16-24(25)32-27(33)22-8-5-18(15-23(22)29)26-30-10-2-11-31-26/h2-3,5-6,8,10-11,13,15,21H,4,7,9,12,14,16H2,1H3. The van der Waals surface area contributed by atoms with E-state index in [0.29, 0.717) is 16.9 Å². The van der Waals surface area contributed by atoms with Gasteiger partial charge in [-0.25, -0.2) is 15.0 Å². The summed E-state index contributed by atoms with van der Waals surface area (Å²) < 4.78 is 2.21. The van der Waals surface area contributed by atoms with Gasteiger partial charge in [-0.3, -0.25) is 4.90 Å². The van der Waals surface area contributed by atoms with E-state index >= 15 is 0 Å². The highest BCUT2D eigenvalue weighted by Crippen LogP contribution is 2.34. The molecular formula is C27H25Cl2N5. The van der Waals surface area contributed by atoms with Gasteiger partial charge in [0, 0.05) is 66.8 Å². The van der Waals surface area contributed by atoms with Crippen LogP contribution in [0.15, 0.2) is 54.9 Å². The van der Waals surface area contributed by atoms with Gasteiger partial charge in [0.2, 0.25) is 0 Å². The van der Waals surface area contributed by atoms with Gasteiger partial charge in [-0.05, 0) is 60.7 Å². The van der Waals surface area contributed by atoms with Gasteiger partial charge in [0.15, 0.2) is 5.82 Å². The van der Waals surface area contributed by atoms with E-state index in [0.717, 1.165) is 60.0 Å². The lowest BCUT2D eigenvalue weighted by atomic mass is 9.87. The minimum Gasteiger partial charge on any atom is -0.331 e. The van der Waals surface area contributed by atoms with Crippen LogP contribution in [0.1, 0.15) is 28.9 Å². The number of benzene rings is 2. The highest BCUT2D eigenvalue weighted by Gasteiger charge is 2.30. The lowest BCUT2D eigenvalue weighted by Crippen LogP contribution is -2.42. The minimum atomic E-state index is 0.526. The van der Waals surface area contributed by atoms with E-state index in [1.165, 1.54) is 23.2 Å². The zero-order valence-corrected chi connectivity index (χ0v) is 20.5. The Morgan fingerprint density at radius 2 is 1.82 bits per heavy atom. The lowest BCUT2D eigenvalue weighted by Gasteiger charge is -2.37. The maximum atomic E-state index is 6.73. The zero-order valence-electron chi connectivity index (χ0n) is 19.0. The Morgan fingerprint density at radius 1 is 0.971 bits per heavy atom. The molecule has 1 aliphatic heterocycles. The van der Waals surface area contributed by atoms with Crippen LogP contribution < -0.4 is 0 Å². The van der Waals surface area contributed by atoms with Crippen molar-refractivity contribution in [1.82, 2.24) is 24.4 Å². The van der Waals surface area contributed by atoms with Crippen LogP contribution in [0, 0.1) is 0 Å². The molecule has 0 amide bonds. The summed E-state index contributed by atoms with van der Waals surface area (Å²) in [5.41, 5.74) is 7.13. The fourth-order valence-corrected chi connectivity index (χ4v) is 5.86. The first-order valence-corrected chi connectivity index (χ1v) is 12.5. The van der Waals surface area contributed by atoms with Gasteiger partial charge < -0.3 is 4.57 Å². The SMILES string of the molecule is Cn1c(-c2ccc(-c3ncccn3)cc2Cl)nc2c1CCN(C1CCc3ccc(Cl)cc3C1)C2. The Labute approximate surface area is 209 Å². The first-order valence-electron chi connectivity index (χ1n) is 11.7. The summed E-state index contributed by atoms with van der Waals surface area (Å²) >= 11 is 13.0. The second kappa shape index (κ2) is 8.81. The van der Waals surface area contributed by atoms with Crippen molar-refractivity contribution in [1.29, 1.82) is 0 Å². The summed E-state index contributed by atoms with van der Waals surface area (Å²) in [4.78, 5) is 16.3. The molecule has 2 aromatic heterocycles. The predicted molar refractivity (Wildman–Crippen MR) is 136 cm³/mol. The molecule has 0 radical (unpaired) electrons. The third-order valence-corrected chi connectivity index (χ3v) is 7.75. The number of fused-ring (bicyclic) bond motifs is 2. The third kappa shape index (κ3) is 3.92. The molecule has 0 bridgehead atoms. The molecule has 1 unspecified atom stereocenters. The average molecular weight is 490 g/mol. The molecule has 2 aliphatic rings. The third-order valence-electron chi connectivity index (χ3n) is 7.21. The Kier molecular flexibility index (Phi) is 5.64. The smallest absolute Gasteiger partial charge is 0.159 e.